The average molecular weight is 475 g/mol. The number of rotatable bonds is 10. The number of hydrogen-bond acceptors (Lipinski definition) is 6. The lowest BCUT2D eigenvalue weighted by molar-refractivity contribution is -0.173. The second kappa shape index (κ2) is 12.3. The SMILES string of the molecule is CC(C=CC1=C(C)CCCC1(C)C)=CC=CC(C)=CC(=O)OC(=O)CC(O)(CC(=O)O)C(=O)O. The maximum atomic E-state index is 11.9. The van der Waals surface area contributed by atoms with E-state index in [1.807, 2.05) is 19.1 Å². The molecule has 0 saturated heterocycles. The summed E-state index contributed by atoms with van der Waals surface area (Å²) in [5.41, 5.74) is 1.54. The van der Waals surface area contributed by atoms with Gasteiger partial charge in [-0.1, -0.05) is 55.4 Å². The van der Waals surface area contributed by atoms with Crippen LogP contribution in [0.4, 0.5) is 0 Å². The van der Waals surface area contributed by atoms with Crippen LogP contribution < -0.4 is 0 Å². The summed E-state index contributed by atoms with van der Waals surface area (Å²) < 4.78 is 4.48. The molecule has 0 spiro atoms. The predicted molar refractivity (Wildman–Crippen MR) is 127 cm³/mol. The molecule has 0 aliphatic heterocycles. The number of carboxylic acids is 2. The van der Waals surface area contributed by atoms with Gasteiger partial charge >= 0.3 is 23.9 Å². The van der Waals surface area contributed by atoms with Crippen LogP contribution >= 0.6 is 0 Å². The molecule has 186 valence electrons. The summed E-state index contributed by atoms with van der Waals surface area (Å²) >= 11 is 0. The van der Waals surface area contributed by atoms with Crippen molar-refractivity contribution in [3.63, 3.8) is 0 Å². The molecule has 1 unspecified atom stereocenters. The quantitative estimate of drug-likeness (QED) is 0.185. The van der Waals surface area contributed by atoms with E-state index in [2.05, 4.69) is 31.6 Å². The number of carbonyl (C=O) groups is 4. The molecule has 0 fully saturated rings. The summed E-state index contributed by atoms with van der Waals surface area (Å²) in [6, 6.07) is 0. The molecule has 0 bridgehead atoms. The summed E-state index contributed by atoms with van der Waals surface area (Å²) in [5, 5.41) is 27.5. The van der Waals surface area contributed by atoms with Crippen LogP contribution in [-0.2, 0) is 23.9 Å². The van der Waals surface area contributed by atoms with Gasteiger partial charge in [-0.15, -0.1) is 0 Å². The first kappa shape index (κ1) is 28.8. The van der Waals surface area contributed by atoms with Crippen molar-refractivity contribution in [3.05, 3.63) is 58.7 Å². The van der Waals surface area contributed by atoms with Gasteiger partial charge in [-0.2, -0.15) is 0 Å². The van der Waals surface area contributed by atoms with Crippen LogP contribution in [0.25, 0.3) is 0 Å². The third kappa shape index (κ3) is 9.31. The van der Waals surface area contributed by atoms with Gasteiger partial charge in [0.05, 0.1) is 12.8 Å². The van der Waals surface area contributed by atoms with Gasteiger partial charge in [0.2, 0.25) is 0 Å². The molecule has 1 atom stereocenters. The Labute approximate surface area is 200 Å². The van der Waals surface area contributed by atoms with E-state index in [0.29, 0.717) is 5.57 Å². The number of hydrogen-bond donors (Lipinski definition) is 3. The molecule has 0 heterocycles. The van der Waals surface area contributed by atoms with Crippen LogP contribution in [0.3, 0.4) is 0 Å². The number of allylic oxidation sites excluding steroid dienone is 9. The Kier molecular flexibility index (Phi) is 10.4. The molecule has 3 N–H and O–H groups in total. The van der Waals surface area contributed by atoms with Crippen LogP contribution in [0.5, 0.6) is 0 Å². The summed E-state index contributed by atoms with van der Waals surface area (Å²) in [5.74, 6) is -5.92. The smallest absolute Gasteiger partial charge is 0.338 e. The zero-order valence-electron chi connectivity index (χ0n) is 20.4. The number of aliphatic hydroxyl groups is 1. The first-order chi connectivity index (χ1) is 15.7. The Balaban J connectivity index is 2.73. The Morgan fingerprint density at radius 1 is 1.06 bits per heavy atom. The molecule has 0 aromatic rings. The Morgan fingerprint density at radius 3 is 2.26 bits per heavy atom. The van der Waals surface area contributed by atoms with E-state index in [9.17, 15) is 24.3 Å². The van der Waals surface area contributed by atoms with Gasteiger partial charge in [0.25, 0.3) is 0 Å². The summed E-state index contributed by atoms with van der Waals surface area (Å²) in [6.07, 6.45) is 11.6. The fraction of sp³-hybridized carbons (Fsp3) is 0.462. The summed E-state index contributed by atoms with van der Waals surface area (Å²) in [6.45, 7) is 10.2. The molecule has 1 rings (SSSR count). The lowest BCUT2D eigenvalue weighted by Crippen LogP contribution is -2.43. The van der Waals surface area contributed by atoms with Gasteiger partial charge in [0.15, 0.2) is 5.60 Å². The van der Waals surface area contributed by atoms with E-state index in [1.54, 1.807) is 19.1 Å². The van der Waals surface area contributed by atoms with Crippen LogP contribution in [0.2, 0.25) is 0 Å². The molecule has 8 nitrogen and oxygen atoms in total. The second-order valence-corrected chi connectivity index (χ2v) is 9.30. The van der Waals surface area contributed by atoms with Crippen molar-refractivity contribution < 1.29 is 39.2 Å². The fourth-order valence-corrected chi connectivity index (χ4v) is 3.75. The van der Waals surface area contributed by atoms with Crippen molar-refractivity contribution in [2.45, 2.75) is 72.3 Å². The second-order valence-electron chi connectivity index (χ2n) is 9.30. The fourth-order valence-electron chi connectivity index (χ4n) is 3.75. The molecular formula is C26H34O8. The van der Waals surface area contributed by atoms with E-state index in [1.165, 1.54) is 17.6 Å². The van der Waals surface area contributed by atoms with Gasteiger partial charge in [0, 0.05) is 6.08 Å². The number of esters is 2. The molecular weight excluding hydrogens is 440 g/mol. The van der Waals surface area contributed by atoms with E-state index in [4.69, 9.17) is 10.2 Å². The average Bonchev–Trinajstić information content (AvgIpc) is 2.65. The third-order valence-corrected chi connectivity index (χ3v) is 5.61. The molecule has 8 heteroatoms. The minimum absolute atomic E-state index is 0.153. The van der Waals surface area contributed by atoms with Crippen LogP contribution in [-0.4, -0.2) is 44.8 Å². The van der Waals surface area contributed by atoms with Gasteiger partial charge in [-0.3, -0.25) is 9.59 Å². The number of carboxylic acid groups (broad SMARTS) is 2. The van der Waals surface area contributed by atoms with Gasteiger partial charge in [0.1, 0.15) is 0 Å². The zero-order chi connectivity index (χ0) is 26.1. The molecule has 1 aliphatic rings. The minimum atomic E-state index is -2.86. The highest BCUT2D eigenvalue weighted by Crippen LogP contribution is 2.40. The highest BCUT2D eigenvalue weighted by Gasteiger charge is 2.41. The molecule has 0 saturated carbocycles. The standard InChI is InChI=1S/C26H34O8/c1-17(11-12-20-19(3)10-7-13-25(20,4)5)8-6-9-18(2)14-22(29)34-23(30)16-26(33,24(31)32)15-21(27)28/h6,8-9,11-12,14,33H,7,10,13,15-16H2,1-5H3,(H,27,28)(H,31,32). The predicted octanol–water partition coefficient (Wildman–Crippen LogP) is 4.27. The van der Waals surface area contributed by atoms with Crippen LogP contribution in [0.1, 0.15) is 66.7 Å². The number of ether oxygens (including phenoxy) is 1. The molecule has 0 aromatic carbocycles. The van der Waals surface area contributed by atoms with E-state index in [0.717, 1.165) is 24.5 Å². The Morgan fingerprint density at radius 2 is 1.71 bits per heavy atom. The van der Waals surface area contributed by atoms with E-state index >= 15 is 0 Å². The molecule has 0 aromatic heterocycles. The molecule has 0 amide bonds. The van der Waals surface area contributed by atoms with Gasteiger partial charge < -0.3 is 20.1 Å². The molecule has 1 aliphatic carbocycles. The Bertz CT molecular complexity index is 975. The first-order valence-electron chi connectivity index (χ1n) is 11.0. The van der Waals surface area contributed by atoms with Crippen molar-refractivity contribution in [2.24, 2.45) is 5.41 Å². The van der Waals surface area contributed by atoms with Crippen LogP contribution in [0, 0.1) is 5.41 Å². The number of carbonyl (C=O) groups excluding carboxylic acids is 2. The van der Waals surface area contributed by atoms with Crippen molar-refractivity contribution in [2.75, 3.05) is 0 Å². The summed E-state index contributed by atoms with van der Waals surface area (Å²) in [7, 11) is 0. The first-order valence-corrected chi connectivity index (χ1v) is 11.0. The summed E-state index contributed by atoms with van der Waals surface area (Å²) in [4.78, 5) is 45.4. The van der Waals surface area contributed by atoms with Crippen molar-refractivity contribution in [1.29, 1.82) is 0 Å². The van der Waals surface area contributed by atoms with Crippen molar-refractivity contribution in [3.8, 4) is 0 Å². The largest absolute Gasteiger partial charge is 0.481 e. The monoisotopic (exact) mass is 474 g/mol. The molecule has 34 heavy (non-hydrogen) atoms. The minimum Gasteiger partial charge on any atom is -0.481 e. The van der Waals surface area contributed by atoms with Gasteiger partial charge in [-0.05, 0) is 56.6 Å². The number of aliphatic carboxylic acids is 2. The van der Waals surface area contributed by atoms with Crippen molar-refractivity contribution in [1.82, 2.24) is 0 Å². The highest BCUT2D eigenvalue weighted by atomic mass is 16.6. The Hall–Kier alpha value is -3.26. The highest BCUT2D eigenvalue weighted by molar-refractivity contribution is 5.95. The topological polar surface area (TPSA) is 138 Å². The van der Waals surface area contributed by atoms with E-state index < -0.39 is 42.3 Å². The maximum absolute atomic E-state index is 11.9. The third-order valence-electron chi connectivity index (χ3n) is 5.61. The normalized spacial score (nSPS) is 18.8. The lowest BCUT2D eigenvalue weighted by atomic mass is 9.72. The molecule has 0 radical (unpaired) electrons. The lowest BCUT2D eigenvalue weighted by Gasteiger charge is -2.32. The van der Waals surface area contributed by atoms with E-state index in [-0.39, 0.29) is 5.41 Å². The maximum Gasteiger partial charge on any atom is 0.338 e. The van der Waals surface area contributed by atoms with Gasteiger partial charge in [-0.25, -0.2) is 9.59 Å². The van der Waals surface area contributed by atoms with Crippen LogP contribution in [0.15, 0.2) is 58.7 Å². The van der Waals surface area contributed by atoms with Crippen molar-refractivity contribution >= 4 is 23.9 Å². The zero-order valence-corrected chi connectivity index (χ0v) is 20.4.